The van der Waals surface area contributed by atoms with E-state index < -0.39 is 6.10 Å². The van der Waals surface area contributed by atoms with Crippen LogP contribution in [0.15, 0.2) is 0 Å². The average Bonchev–Trinajstić information content (AvgIpc) is 1.99. The predicted molar refractivity (Wildman–Crippen MR) is 39.6 cm³/mol. The molecule has 0 saturated heterocycles. The molecule has 0 heterocycles. The van der Waals surface area contributed by atoms with Crippen molar-refractivity contribution >= 4 is 0 Å². The molecule has 62 valence electrons. The third kappa shape index (κ3) is 4.69. The van der Waals surface area contributed by atoms with Crippen LogP contribution in [0.25, 0.3) is 0 Å². The molecule has 4 nitrogen and oxygen atoms in total. The summed E-state index contributed by atoms with van der Waals surface area (Å²) in [5, 5.41) is 20.2. The molecule has 0 aromatic carbocycles. The van der Waals surface area contributed by atoms with E-state index in [1.165, 1.54) is 0 Å². The lowest BCUT2D eigenvalue weighted by Crippen LogP contribution is -2.39. The van der Waals surface area contributed by atoms with Crippen molar-refractivity contribution in [2.24, 2.45) is 5.73 Å². The second-order valence-electron chi connectivity index (χ2n) is 2.38. The maximum atomic E-state index is 8.85. The molecule has 2 atom stereocenters. The third-order valence-electron chi connectivity index (χ3n) is 1.27. The van der Waals surface area contributed by atoms with Crippen LogP contribution in [-0.2, 0) is 0 Å². The topological polar surface area (TPSA) is 78.5 Å². The fraction of sp³-hybridized carbons (Fsp3) is 1.00. The molecule has 0 aliphatic rings. The Labute approximate surface area is 61.0 Å². The first-order valence-corrected chi connectivity index (χ1v) is 3.43. The molecule has 5 N–H and O–H groups in total. The molecule has 0 aromatic rings. The zero-order chi connectivity index (χ0) is 7.98. The predicted octanol–water partition coefficient (Wildman–Crippen LogP) is -1.72. The van der Waals surface area contributed by atoms with Crippen LogP contribution in [-0.4, -0.2) is 42.1 Å². The summed E-state index contributed by atoms with van der Waals surface area (Å²) in [5.74, 6) is 0. The molecule has 0 aliphatic carbocycles. The van der Waals surface area contributed by atoms with Gasteiger partial charge < -0.3 is 21.3 Å². The van der Waals surface area contributed by atoms with Crippen LogP contribution in [0.2, 0.25) is 0 Å². The minimum atomic E-state index is -0.672. The molecule has 0 fully saturated rings. The van der Waals surface area contributed by atoms with Gasteiger partial charge >= 0.3 is 0 Å². The van der Waals surface area contributed by atoms with Gasteiger partial charge in [-0.3, -0.25) is 0 Å². The second kappa shape index (κ2) is 5.61. The van der Waals surface area contributed by atoms with Crippen molar-refractivity contribution in [1.29, 1.82) is 0 Å². The van der Waals surface area contributed by atoms with Crippen molar-refractivity contribution in [1.82, 2.24) is 5.32 Å². The minimum absolute atomic E-state index is 0.196. The van der Waals surface area contributed by atoms with E-state index in [0.29, 0.717) is 13.1 Å². The lowest BCUT2D eigenvalue weighted by atomic mass is 10.3. The maximum absolute atomic E-state index is 8.85. The summed E-state index contributed by atoms with van der Waals surface area (Å²) < 4.78 is 0. The molecule has 0 saturated carbocycles. The molecule has 0 rings (SSSR count). The Morgan fingerprint density at radius 3 is 2.60 bits per heavy atom. The van der Waals surface area contributed by atoms with Gasteiger partial charge in [-0.25, -0.2) is 0 Å². The average molecular weight is 148 g/mol. The van der Waals surface area contributed by atoms with E-state index in [9.17, 15) is 0 Å². The third-order valence-corrected chi connectivity index (χ3v) is 1.27. The van der Waals surface area contributed by atoms with Gasteiger partial charge in [0.1, 0.15) is 0 Å². The molecule has 0 bridgehead atoms. The van der Waals surface area contributed by atoms with Crippen molar-refractivity contribution in [3.05, 3.63) is 0 Å². The van der Waals surface area contributed by atoms with Gasteiger partial charge in [0.05, 0.1) is 12.7 Å². The number of rotatable bonds is 5. The van der Waals surface area contributed by atoms with Gasteiger partial charge in [-0.15, -0.1) is 0 Å². The quantitative estimate of drug-likeness (QED) is 0.374. The van der Waals surface area contributed by atoms with Gasteiger partial charge in [-0.05, 0) is 6.92 Å². The second-order valence-corrected chi connectivity index (χ2v) is 2.38. The lowest BCUT2D eigenvalue weighted by molar-refractivity contribution is 0.0926. The molecular weight excluding hydrogens is 132 g/mol. The number of aliphatic hydroxyl groups excluding tert-OH is 2. The molecule has 10 heavy (non-hydrogen) atoms. The van der Waals surface area contributed by atoms with Crippen molar-refractivity contribution in [2.75, 3.05) is 19.7 Å². The molecule has 0 spiro atoms. The molecule has 0 amide bonds. The van der Waals surface area contributed by atoms with E-state index in [0.717, 1.165) is 0 Å². The summed E-state index contributed by atoms with van der Waals surface area (Å²) in [6, 6.07) is 0.196. The first kappa shape index (κ1) is 9.84. The SMILES string of the molecule is CC(CN)NCC(O)CO. The Kier molecular flexibility index (Phi) is 5.52. The van der Waals surface area contributed by atoms with Crippen LogP contribution < -0.4 is 11.1 Å². The summed E-state index contributed by atoms with van der Waals surface area (Å²) in [6.45, 7) is 2.65. The van der Waals surface area contributed by atoms with E-state index in [2.05, 4.69) is 5.32 Å². The van der Waals surface area contributed by atoms with Crippen LogP contribution in [0.4, 0.5) is 0 Å². The Bertz CT molecular complexity index is 70.1. The standard InChI is InChI=1S/C6H16N2O2/c1-5(2-7)8-3-6(10)4-9/h5-6,8-10H,2-4,7H2,1H3. The monoisotopic (exact) mass is 148 g/mol. The van der Waals surface area contributed by atoms with Gasteiger partial charge in [-0.2, -0.15) is 0 Å². The summed E-state index contributed by atoms with van der Waals surface area (Å²) in [4.78, 5) is 0. The van der Waals surface area contributed by atoms with Crippen LogP contribution in [0.1, 0.15) is 6.92 Å². The summed E-state index contributed by atoms with van der Waals surface area (Å²) in [5.41, 5.74) is 5.29. The van der Waals surface area contributed by atoms with Crippen LogP contribution in [0.3, 0.4) is 0 Å². The van der Waals surface area contributed by atoms with Crippen LogP contribution in [0, 0.1) is 0 Å². The van der Waals surface area contributed by atoms with E-state index in [-0.39, 0.29) is 12.6 Å². The highest BCUT2D eigenvalue weighted by atomic mass is 16.3. The van der Waals surface area contributed by atoms with Crippen molar-refractivity contribution in [3.8, 4) is 0 Å². The van der Waals surface area contributed by atoms with Crippen LogP contribution >= 0.6 is 0 Å². The molecular formula is C6H16N2O2. The van der Waals surface area contributed by atoms with Crippen molar-refractivity contribution in [2.45, 2.75) is 19.1 Å². The summed E-state index contributed by atoms with van der Waals surface area (Å²) in [7, 11) is 0. The zero-order valence-electron chi connectivity index (χ0n) is 6.25. The van der Waals surface area contributed by atoms with Gasteiger partial charge in [0, 0.05) is 19.1 Å². The Hall–Kier alpha value is -0.160. The molecule has 0 aliphatic heterocycles. The normalized spacial score (nSPS) is 16.8. The fourth-order valence-corrected chi connectivity index (χ4v) is 0.485. The van der Waals surface area contributed by atoms with Gasteiger partial charge in [0.15, 0.2) is 0 Å². The Morgan fingerprint density at radius 1 is 1.60 bits per heavy atom. The molecule has 2 unspecified atom stereocenters. The first-order valence-electron chi connectivity index (χ1n) is 3.43. The highest BCUT2D eigenvalue weighted by Crippen LogP contribution is 1.80. The van der Waals surface area contributed by atoms with E-state index in [1.54, 1.807) is 0 Å². The lowest BCUT2D eigenvalue weighted by Gasteiger charge is -2.13. The van der Waals surface area contributed by atoms with E-state index >= 15 is 0 Å². The van der Waals surface area contributed by atoms with E-state index in [1.807, 2.05) is 6.92 Å². The number of nitrogens with one attached hydrogen (secondary N) is 1. The molecule has 0 radical (unpaired) electrons. The van der Waals surface area contributed by atoms with Crippen molar-refractivity contribution in [3.63, 3.8) is 0 Å². The Balaban J connectivity index is 3.17. The molecule has 4 heteroatoms. The highest BCUT2D eigenvalue weighted by Gasteiger charge is 2.02. The fourth-order valence-electron chi connectivity index (χ4n) is 0.485. The van der Waals surface area contributed by atoms with Crippen LogP contribution in [0.5, 0.6) is 0 Å². The number of hydrogen-bond donors (Lipinski definition) is 4. The highest BCUT2D eigenvalue weighted by molar-refractivity contribution is 4.64. The maximum Gasteiger partial charge on any atom is 0.0895 e. The largest absolute Gasteiger partial charge is 0.394 e. The minimum Gasteiger partial charge on any atom is -0.394 e. The summed E-state index contributed by atoms with van der Waals surface area (Å²) >= 11 is 0. The van der Waals surface area contributed by atoms with Crippen molar-refractivity contribution < 1.29 is 10.2 Å². The zero-order valence-corrected chi connectivity index (χ0v) is 6.25. The Morgan fingerprint density at radius 2 is 2.20 bits per heavy atom. The summed E-state index contributed by atoms with van der Waals surface area (Å²) in [6.07, 6.45) is -0.672. The van der Waals surface area contributed by atoms with Gasteiger partial charge in [-0.1, -0.05) is 0 Å². The molecule has 0 aromatic heterocycles. The number of hydrogen-bond acceptors (Lipinski definition) is 4. The van der Waals surface area contributed by atoms with Gasteiger partial charge in [0.25, 0.3) is 0 Å². The first-order chi connectivity index (χ1) is 4.70. The van der Waals surface area contributed by atoms with E-state index in [4.69, 9.17) is 15.9 Å². The number of nitrogens with two attached hydrogens (primary N) is 1. The number of aliphatic hydroxyl groups is 2. The smallest absolute Gasteiger partial charge is 0.0895 e. The van der Waals surface area contributed by atoms with Gasteiger partial charge in [0.2, 0.25) is 0 Å².